The number of carboxylic acids is 4. The quantitative estimate of drug-likeness (QED) is 0.0386. The molecule has 0 aliphatic rings. The zero-order valence-electron chi connectivity index (χ0n) is 68.2. The fourth-order valence-corrected chi connectivity index (χ4v) is 19.4. The number of rotatable bonds is 25. The van der Waals surface area contributed by atoms with E-state index in [0.29, 0.717) is 44.2 Å². The molecule has 678 valence electrons. The molecule has 12 aromatic carbocycles. The third-order valence-electron chi connectivity index (χ3n) is 19.3. The van der Waals surface area contributed by atoms with Crippen LogP contribution >= 0.6 is 11.6 Å². The molecule has 12 aromatic rings. The highest BCUT2D eigenvalue weighted by atomic mass is 35.5. The number of sulfone groups is 4. The lowest BCUT2D eigenvalue weighted by molar-refractivity contribution is -0.138. The van der Waals surface area contributed by atoms with E-state index in [2.05, 4.69) is 0 Å². The molecule has 0 radical (unpaired) electrons. The number of carboxylic acid groups (broad SMARTS) is 4. The molecule has 0 bridgehead atoms. The van der Waals surface area contributed by atoms with Crippen LogP contribution in [0.5, 0.6) is 28.7 Å². The molecule has 0 saturated carbocycles. The smallest absolute Gasteiger partial charge is 0.416 e. The molecule has 0 unspecified atom stereocenters. The number of halogens is 13. The van der Waals surface area contributed by atoms with Gasteiger partial charge in [0.05, 0.1) is 103 Å². The van der Waals surface area contributed by atoms with Gasteiger partial charge in [0, 0.05) is 5.02 Å². The molecule has 38 heteroatoms. The summed E-state index contributed by atoms with van der Waals surface area (Å²) in [4.78, 5) is 43.5. The van der Waals surface area contributed by atoms with Gasteiger partial charge in [-0.3, -0.25) is 0 Å². The van der Waals surface area contributed by atoms with Crippen LogP contribution in [0.4, 0.5) is 52.7 Å². The molecule has 0 aliphatic heterocycles. The lowest BCUT2D eigenvalue weighted by Gasteiger charge is -2.16. The minimum Gasteiger partial charge on any atom is -0.497 e. The predicted octanol–water partition coefficient (Wildman–Crippen LogP) is 21.5. The van der Waals surface area contributed by atoms with Crippen molar-refractivity contribution in [2.45, 2.75) is 81.1 Å². The van der Waals surface area contributed by atoms with E-state index in [1.807, 2.05) is 19.9 Å². The molecule has 4 N–H and O–H groups in total. The molecule has 0 saturated heterocycles. The first-order valence-electron chi connectivity index (χ1n) is 37.1. The van der Waals surface area contributed by atoms with Crippen molar-refractivity contribution in [3.8, 4) is 73.3 Å². The van der Waals surface area contributed by atoms with Gasteiger partial charge in [0.25, 0.3) is 0 Å². The van der Waals surface area contributed by atoms with E-state index in [1.54, 1.807) is 78.9 Å². The lowest BCUT2D eigenvalue weighted by Crippen LogP contribution is -2.11. The third kappa shape index (κ3) is 25.2. The highest BCUT2D eigenvalue weighted by Gasteiger charge is 2.38. The second kappa shape index (κ2) is 40.4. The van der Waals surface area contributed by atoms with E-state index in [0.717, 1.165) is 83.9 Å². The minimum atomic E-state index is -4.68. The molecule has 0 heterocycles. The maximum Gasteiger partial charge on any atom is 0.416 e. The van der Waals surface area contributed by atoms with E-state index in [9.17, 15) is 126 Å². The largest absolute Gasteiger partial charge is 0.497 e. The predicted molar refractivity (Wildman–Crippen MR) is 452 cm³/mol. The number of carbonyl (C=O) groups is 4. The maximum atomic E-state index is 13.4. The van der Waals surface area contributed by atoms with Crippen molar-refractivity contribution in [3.63, 3.8) is 0 Å². The van der Waals surface area contributed by atoms with E-state index in [1.165, 1.54) is 120 Å². The Kier molecular flexibility index (Phi) is 31.2. The van der Waals surface area contributed by atoms with Crippen LogP contribution in [-0.4, -0.2) is 114 Å². The second-order valence-corrected chi connectivity index (χ2v) is 36.4. The monoisotopic (exact) mass is 1890 g/mol. The fraction of sp³-hybridized carbons (Fsp3) is 0.165. The first kappa shape index (κ1) is 99.5. The fourth-order valence-electron chi connectivity index (χ4n) is 13.0. The van der Waals surface area contributed by atoms with Gasteiger partial charge in [-0.2, -0.15) is 52.7 Å². The molecule has 0 amide bonds. The van der Waals surface area contributed by atoms with Crippen molar-refractivity contribution in [2.24, 2.45) is 0 Å². The van der Waals surface area contributed by atoms with Crippen LogP contribution in [0.25, 0.3) is 44.5 Å². The molecular weight excluding hydrogens is 1820 g/mol. The number of ether oxygens (including phenoxy) is 5. The summed E-state index contributed by atoms with van der Waals surface area (Å²) in [5.74, 6) is -8.48. The first-order chi connectivity index (χ1) is 60.2. The zero-order valence-corrected chi connectivity index (χ0v) is 72.2. The van der Waals surface area contributed by atoms with Gasteiger partial charge >= 0.3 is 48.6 Å². The number of aryl methyl sites for hydroxylation is 2. The van der Waals surface area contributed by atoms with Gasteiger partial charge in [-0.15, -0.1) is 0 Å². The van der Waals surface area contributed by atoms with Crippen molar-refractivity contribution >= 4 is 74.8 Å². The van der Waals surface area contributed by atoms with Crippen LogP contribution in [0.2, 0.25) is 5.02 Å². The summed E-state index contributed by atoms with van der Waals surface area (Å²) in [7, 11) is -10.8. The molecule has 12 rings (SSSR count). The summed E-state index contributed by atoms with van der Waals surface area (Å²) < 4.78 is 291. The first-order valence-corrected chi connectivity index (χ1v) is 44.1. The Labute approximate surface area is 735 Å². The number of alkyl halides is 12. The Hall–Kier alpha value is -13.2. The van der Waals surface area contributed by atoms with Crippen molar-refractivity contribution in [1.29, 1.82) is 0 Å². The van der Waals surface area contributed by atoms with Crippen LogP contribution in [0, 0.1) is 13.8 Å². The molecule has 0 aromatic heterocycles. The molecular formula is C91H73ClF12O21S4. The van der Waals surface area contributed by atoms with Crippen LogP contribution < -0.4 is 23.7 Å². The van der Waals surface area contributed by atoms with Crippen LogP contribution in [0.15, 0.2) is 262 Å². The lowest BCUT2D eigenvalue weighted by atomic mass is 9.97. The summed E-state index contributed by atoms with van der Waals surface area (Å²) >= 11 is 5.88. The van der Waals surface area contributed by atoms with Crippen LogP contribution in [0.1, 0.15) is 97.1 Å². The SMILES string of the molecule is COc1ccc(-c2ccc(C(F)(F)F)cc2CS(=O)(=O)c2cc(C(=O)O)ccc2OC)cc1.COc1ccc(C(=O)O)cc1S(=O)(=O)Cc1cc(C(F)(F)F)ccc1-c1ccc(C)cc1.COc1ccc(C(=O)O)cc1S(=O)(=O)Cc1cc(C(F)(F)F)ccc1-c1ccc(Cl)cc1.COc1ccc(C(=O)O)cc1S(=O)(=O)Cc1cc(C(F)(F)F)ccc1-c1cccc(C)c1. The Morgan fingerprint density at radius 3 is 0.767 bits per heavy atom. The summed E-state index contributed by atoms with van der Waals surface area (Å²) in [6, 6.07) is 51.3. The van der Waals surface area contributed by atoms with Crippen molar-refractivity contribution < 1.29 is 150 Å². The van der Waals surface area contributed by atoms with Crippen LogP contribution in [0.3, 0.4) is 0 Å². The van der Waals surface area contributed by atoms with E-state index in [-0.39, 0.29) is 78.6 Å². The second-order valence-electron chi connectivity index (χ2n) is 28.2. The number of methoxy groups -OCH3 is 5. The van der Waals surface area contributed by atoms with Crippen molar-refractivity contribution in [1.82, 2.24) is 0 Å². The molecule has 21 nitrogen and oxygen atoms in total. The number of hydrogen-bond acceptors (Lipinski definition) is 17. The average molecular weight is 1890 g/mol. The van der Waals surface area contributed by atoms with Gasteiger partial charge in [0.15, 0.2) is 39.3 Å². The third-order valence-corrected chi connectivity index (χ3v) is 26.3. The van der Waals surface area contributed by atoms with Gasteiger partial charge in [-0.25, -0.2) is 52.8 Å². The van der Waals surface area contributed by atoms with Crippen molar-refractivity contribution in [3.05, 3.63) is 326 Å². The highest BCUT2D eigenvalue weighted by molar-refractivity contribution is 7.91. The molecule has 0 atom stereocenters. The van der Waals surface area contributed by atoms with Gasteiger partial charge in [-0.05, 0) is 226 Å². The van der Waals surface area contributed by atoms with E-state index >= 15 is 0 Å². The molecule has 129 heavy (non-hydrogen) atoms. The van der Waals surface area contributed by atoms with Gasteiger partial charge < -0.3 is 44.1 Å². The average Bonchev–Trinajstić information content (AvgIpc) is 0.787. The van der Waals surface area contributed by atoms with E-state index in [4.69, 9.17) is 35.3 Å². The number of hydrogen-bond donors (Lipinski definition) is 4. The van der Waals surface area contributed by atoms with Crippen LogP contribution in [-0.2, 0) is 87.1 Å². The number of benzene rings is 12. The van der Waals surface area contributed by atoms with Crippen molar-refractivity contribution in [2.75, 3.05) is 35.5 Å². The maximum absolute atomic E-state index is 13.4. The Balaban J connectivity index is 0.000000194. The van der Waals surface area contributed by atoms with Gasteiger partial charge in [0.2, 0.25) is 0 Å². The summed E-state index contributed by atoms with van der Waals surface area (Å²) in [6.07, 6.45) is -18.7. The standard InChI is InChI=1S/C23H19F3O6S.2C23H19F3O5S.C22H16ClF3O5S/c1-31-18-7-3-14(4-8-18)19-9-6-17(23(24,25)26)11-16(19)13-33(29,30)21-12-15(22(27)28)5-10-20(21)32-2;1-14-3-5-15(6-4-14)19-9-8-18(23(24,25)26)11-17(19)13-32(29,30)21-12-16(22(27)28)7-10-20(21)31-2;1-14-4-3-5-15(10-14)19-8-7-18(23(24,25)26)11-17(19)13-32(29,30)21-12-16(22(27)28)6-9-20(21)31-2;1-31-19-9-4-14(21(27)28)11-20(19)32(29,30)12-15-10-16(22(24,25)26)5-8-18(15)13-2-6-17(23)7-3-13/h3-12H,13H2,1-2H3,(H,27,28);2*3-12H,13H2,1-2H3,(H,27,28);2-11H,12H2,1H3,(H,27,28). The minimum absolute atomic E-state index is 0.0618. The van der Waals surface area contributed by atoms with Gasteiger partial charge in [0.1, 0.15) is 48.3 Å². The van der Waals surface area contributed by atoms with E-state index < -0.39 is 153 Å². The molecule has 0 aliphatic carbocycles. The Bertz CT molecular complexity index is 6510. The summed E-state index contributed by atoms with van der Waals surface area (Å²) in [5.41, 5.74) is -0.392. The molecule has 0 spiro atoms. The number of aromatic carboxylic acids is 4. The normalized spacial score (nSPS) is 11.9. The topological polar surface area (TPSA) is 332 Å². The summed E-state index contributed by atoms with van der Waals surface area (Å²) in [5, 5.41) is 37.2. The van der Waals surface area contributed by atoms with Gasteiger partial charge in [-0.1, -0.05) is 120 Å². The Morgan fingerprint density at radius 2 is 0.535 bits per heavy atom. The zero-order chi connectivity index (χ0) is 95.4. The molecule has 0 fully saturated rings. The summed E-state index contributed by atoms with van der Waals surface area (Å²) in [6.45, 7) is 3.66. The highest BCUT2D eigenvalue weighted by Crippen LogP contribution is 2.43. The Morgan fingerprint density at radius 1 is 0.287 bits per heavy atom.